The Balaban J connectivity index is 1.28. The lowest BCUT2D eigenvalue weighted by Gasteiger charge is -2.15. The molecular formula is C20H15Cl2N7O. The quantitative estimate of drug-likeness (QED) is 0.472. The van der Waals surface area contributed by atoms with E-state index in [0.29, 0.717) is 35.6 Å². The van der Waals surface area contributed by atoms with Crippen LogP contribution in [0.15, 0.2) is 48.7 Å². The molecule has 3 heterocycles. The minimum Gasteiger partial charge on any atom is -0.488 e. The van der Waals surface area contributed by atoms with Crippen LogP contribution < -0.4 is 4.74 Å². The first-order valence-electron chi connectivity index (χ1n) is 9.17. The second kappa shape index (κ2) is 7.89. The summed E-state index contributed by atoms with van der Waals surface area (Å²) in [6.45, 7) is 1.30. The Morgan fingerprint density at radius 3 is 2.77 bits per heavy atom. The van der Waals surface area contributed by atoms with Crippen molar-refractivity contribution in [2.75, 3.05) is 6.61 Å². The van der Waals surface area contributed by atoms with Gasteiger partial charge in [-0.15, -0.1) is 15.3 Å². The van der Waals surface area contributed by atoms with E-state index in [9.17, 15) is 0 Å². The van der Waals surface area contributed by atoms with E-state index in [1.807, 2.05) is 48.7 Å². The van der Waals surface area contributed by atoms with Crippen molar-refractivity contribution in [1.82, 2.24) is 35.2 Å². The van der Waals surface area contributed by atoms with Crippen LogP contribution in [0, 0.1) is 0 Å². The molecule has 0 aliphatic carbocycles. The molecule has 0 saturated heterocycles. The molecule has 2 aromatic carbocycles. The molecule has 0 fully saturated rings. The van der Waals surface area contributed by atoms with Crippen molar-refractivity contribution < 1.29 is 4.74 Å². The number of para-hydroxylation sites is 1. The zero-order valence-corrected chi connectivity index (χ0v) is 17.1. The van der Waals surface area contributed by atoms with Gasteiger partial charge in [0.2, 0.25) is 5.82 Å². The lowest BCUT2D eigenvalue weighted by molar-refractivity contribution is 0.365. The molecule has 0 spiro atoms. The summed E-state index contributed by atoms with van der Waals surface area (Å²) in [4.78, 5) is 1.49. The fourth-order valence-electron chi connectivity index (χ4n) is 3.14. The Morgan fingerprint density at radius 2 is 1.87 bits per heavy atom. The predicted molar refractivity (Wildman–Crippen MR) is 112 cm³/mol. The van der Waals surface area contributed by atoms with Crippen molar-refractivity contribution in [2.24, 2.45) is 0 Å². The number of hydrogen-bond donors (Lipinski definition) is 0. The predicted octanol–water partition coefficient (Wildman–Crippen LogP) is 3.60. The Bertz CT molecular complexity index is 1250. The zero-order valence-electron chi connectivity index (χ0n) is 15.6. The third-order valence-corrected chi connectivity index (χ3v) is 5.33. The van der Waals surface area contributed by atoms with Crippen molar-refractivity contribution in [1.29, 1.82) is 0 Å². The Morgan fingerprint density at radius 1 is 0.967 bits per heavy atom. The van der Waals surface area contributed by atoms with Crippen LogP contribution in [0.1, 0.15) is 22.6 Å². The standard InChI is InChI=1S/C20H15Cl2N7O/c21-17-6-5-13(7-18(17)22)9-28-10-16(23-26-28)11-29-25-20(24-27-29)15-8-14-3-1-2-4-19(14)30-12-15/h1-8,10H,9,11-12H2. The lowest BCUT2D eigenvalue weighted by Crippen LogP contribution is -2.08. The van der Waals surface area contributed by atoms with E-state index in [-0.39, 0.29) is 0 Å². The minimum atomic E-state index is 0.360. The molecule has 5 rings (SSSR count). The third-order valence-electron chi connectivity index (χ3n) is 4.59. The van der Waals surface area contributed by atoms with Gasteiger partial charge in [0.25, 0.3) is 0 Å². The van der Waals surface area contributed by atoms with Gasteiger partial charge < -0.3 is 4.74 Å². The van der Waals surface area contributed by atoms with Gasteiger partial charge in [-0.25, -0.2) is 4.68 Å². The molecule has 0 N–H and O–H groups in total. The number of fused-ring (bicyclic) bond motifs is 1. The summed E-state index contributed by atoms with van der Waals surface area (Å²) in [7, 11) is 0. The van der Waals surface area contributed by atoms with Crippen LogP contribution in [0.4, 0.5) is 0 Å². The van der Waals surface area contributed by atoms with Gasteiger partial charge in [-0.3, -0.25) is 0 Å². The van der Waals surface area contributed by atoms with Crippen LogP contribution in [0.2, 0.25) is 10.0 Å². The molecule has 150 valence electrons. The fourth-order valence-corrected chi connectivity index (χ4v) is 3.46. The van der Waals surface area contributed by atoms with Crippen molar-refractivity contribution in [3.8, 4) is 5.75 Å². The number of hydrogen-bond acceptors (Lipinski definition) is 6. The van der Waals surface area contributed by atoms with E-state index in [4.69, 9.17) is 27.9 Å². The second-order valence-corrected chi connectivity index (χ2v) is 7.61. The molecule has 2 aromatic heterocycles. The van der Waals surface area contributed by atoms with Gasteiger partial charge in [-0.05, 0) is 35.1 Å². The van der Waals surface area contributed by atoms with Crippen LogP contribution in [0.5, 0.6) is 5.75 Å². The monoisotopic (exact) mass is 439 g/mol. The van der Waals surface area contributed by atoms with E-state index >= 15 is 0 Å². The SMILES string of the molecule is Clc1ccc(Cn2cc(Cn3nnc(C4=Cc5ccccc5OC4)n3)nn2)cc1Cl. The zero-order chi connectivity index (χ0) is 20.5. The lowest BCUT2D eigenvalue weighted by atomic mass is 10.1. The van der Waals surface area contributed by atoms with E-state index < -0.39 is 0 Å². The molecule has 0 saturated carbocycles. The summed E-state index contributed by atoms with van der Waals surface area (Å²) >= 11 is 12.0. The topological polar surface area (TPSA) is 83.5 Å². The van der Waals surface area contributed by atoms with E-state index in [1.54, 1.807) is 10.7 Å². The Hall–Kier alpha value is -3.23. The van der Waals surface area contributed by atoms with Crippen molar-refractivity contribution in [2.45, 2.75) is 13.1 Å². The summed E-state index contributed by atoms with van der Waals surface area (Å²) in [5.41, 5.74) is 3.58. The van der Waals surface area contributed by atoms with Crippen LogP contribution in [-0.2, 0) is 13.1 Å². The molecule has 0 amide bonds. The van der Waals surface area contributed by atoms with Crippen molar-refractivity contribution >= 4 is 34.9 Å². The highest BCUT2D eigenvalue weighted by molar-refractivity contribution is 6.42. The summed E-state index contributed by atoms with van der Waals surface area (Å²) < 4.78 is 7.49. The summed E-state index contributed by atoms with van der Waals surface area (Å²) in [5, 5.41) is 22.1. The number of tetrazole rings is 1. The van der Waals surface area contributed by atoms with Crippen LogP contribution in [0.3, 0.4) is 0 Å². The van der Waals surface area contributed by atoms with Gasteiger partial charge in [-0.1, -0.05) is 52.7 Å². The van der Waals surface area contributed by atoms with Crippen LogP contribution in [0.25, 0.3) is 11.6 Å². The molecular weight excluding hydrogens is 425 g/mol. The van der Waals surface area contributed by atoms with Gasteiger partial charge in [0.1, 0.15) is 24.6 Å². The first-order chi connectivity index (χ1) is 14.6. The average Bonchev–Trinajstić information content (AvgIpc) is 3.40. The molecule has 0 atom stereocenters. The van der Waals surface area contributed by atoms with Gasteiger partial charge in [0.05, 0.1) is 22.8 Å². The van der Waals surface area contributed by atoms with Gasteiger partial charge in [0.15, 0.2) is 0 Å². The van der Waals surface area contributed by atoms with Crippen LogP contribution >= 0.6 is 23.2 Å². The maximum atomic E-state index is 6.07. The largest absolute Gasteiger partial charge is 0.488 e. The smallest absolute Gasteiger partial charge is 0.204 e. The highest BCUT2D eigenvalue weighted by Gasteiger charge is 2.17. The van der Waals surface area contributed by atoms with Crippen molar-refractivity contribution in [3.63, 3.8) is 0 Å². The molecule has 1 aliphatic heterocycles. The number of ether oxygens (including phenoxy) is 1. The van der Waals surface area contributed by atoms with E-state index in [1.165, 1.54) is 4.80 Å². The number of halogens is 2. The van der Waals surface area contributed by atoms with E-state index in [0.717, 1.165) is 28.1 Å². The molecule has 10 heteroatoms. The molecule has 0 bridgehead atoms. The first kappa shape index (κ1) is 18.8. The summed E-state index contributed by atoms with van der Waals surface area (Å²) in [6.07, 6.45) is 3.86. The Kier molecular flexibility index (Phi) is 4.94. The molecule has 4 aromatic rings. The normalized spacial score (nSPS) is 12.9. The van der Waals surface area contributed by atoms with Crippen LogP contribution in [-0.4, -0.2) is 41.8 Å². The molecule has 1 aliphatic rings. The first-order valence-corrected chi connectivity index (χ1v) is 9.93. The van der Waals surface area contributed by atoms with Gasteiger partial charge in [0, 0.05) is 11.1 Å². The Labute approximate surface area is 181 Å². The van der Waals surface area contributed by atoms with E-state index in [2.05, 4.69) is 25.7 Å². The van der Waals surface area contributed by atoms with Crippen molar-refractivity contribution in [3.05, 3.63) is 81.4 Å². The number of rotatable bonds is 5. The molecule has 30 heavy (non-hydrogen) atoms. The number of aromatic nitrogens is 7. The highest BCUT2D eigenvalue weighted by atomic mass is 35.5. The molecule has 0 unspecified atom stereocenters. The van der Waals surface area contributed by atoms with Gasteiger partial charge in [-0.2, -0.15) is 4.80 Å². The van der Waals surface area contributed by atoms with Gasteiger partial charge >= 0.3 is 0 Å². The third kappa shape index (κ3) is 3.92. The maximum Gasteiger partial charge on any atom is 0.204 e. The summed E-state index contributed by atoms with van der Waals surface area (Å²) in [5.74, 6) is 1.39. The minimum absolute atomic E-state index is 0.360. The average molecular weight is 440 g/mol. The fraction of sp³-hybridized carbons (Fsp3) is 0.150. The number of benzene rings is 2. The maximum absolute atomic E-state index is 6.07. The second-order valence-electron chi connectivity index (χ2n) is 6.80. The summed E-state index contributed by atoms with van der Waals surface area (Å²) in [6, 6.07) is 13.3. The number of nitrogens with zero attached hydrogens (tertiary/aromatic N) is 7. The molecule has 8 nitrogen and oxygen atoms in total. The molecule has 0 radical (unpaired) electrons. The highest BCUT2D eigenvalue weighted by Crippen LogP contribution is 2.28.